The van der Waals surface area contributed by atoms with Gasteiger partial charge in [0.05, 0.1) is 11.5 Å². The first-order valence-corrected chi connectivity index (χ1v) is 12.3. The van der Waals surface area contributed by atoms with Crippen LogP contribution in [0.5, 0.6) is 5.75 Å². The first-order valence-electron chi connectivity index (χ1n) is 12.3. The molecule has 0 unspecified atom stereocenters. The average Bonchev–Trinajstić information content (AvgIpc) is 2.92. The van der Waals surface area contributed by atoms with Gasteiger partial charge in [-0.3, -0.25) is 9.79 Å². The molecule has 0 radical (unpaired) electrons. The number of nitrogens with zero attached hydrogens (tertiary/aromatic N) is 1. The highest BCUT2D eigenvalue weighted by molar-refractivity contribution is 5.90. The maximum absolute atomic E-state index is 13.7. The monoisotopic (exact) mass is 503 g/mol. The van der Waals surface area contributed by atoms with Crippen LogP contribution >= 0.6 is 0 Å². The van der Waals surface area contributed by atoms with Crippen molar-refractivity contribution < 1.29 is 23.5 Å². The Balaban J connectivity index is 1.28. The van der Waals surface area contributed by atoms with E-state index in [9.17, 15) is 14.0 Å². The fourth-order valence-electron chi connectivity index (χ4n) is 4.37. The summed E-state index contributed by atoms with van der Waals surface area (Å²) in [4.78, 5) is 29.0. The summed E-state index contributed by atoms with van der Waals surface area (Å²) in [6.45, 7) is 0.467. The summed E-state index contributed by atoms with van der Waals surface area (Å²) in [5, 5.41) is 0. The second-order valence-electron chi connectivity index (χ2n) is 9.17. The summed E-state index contributed by atoms with van der Waals surface area (Å²) in [6, 6.07) is 20.4. The van der Waals surface area contributed by atoms with Crippen LogP contribution in [0, 0.1) is 17.7 Å². The first kappa shape index (κ1) is 25.9. The van der Waals surface area contributed by atoms with Gasteiger partial charge in [0, 0.05) is 12.1 Å². The number of carbonyl (C=O) groups excluding carboxylic acids is 2. The maximum Gasteiger partial charge on any atom is 0.338 e. The van der Waals surface area contributed by atoms with Crippen LogP contribution in [0.3, 0.4) is 0 Å². The minimum atomic E-state index is -0.526. The van der Waals surface area contributed by atoms with E-state index in [1.807, 2.05) is 24.3 Å². The molecule has 0 heterocycles. The highest BCUT2D eigenvalue weighted by Crippen LogP contribution is 2.31. The fraction of sp³-hybridized carbons (Fsp3) is 0.276. The molecule has 8 heteroatoms. The van der Waals surface area contributed by atoms with Crippen molar-refractivity contribution in [3.05, 3.63) is 89.7 Å². The second kappa shape index (κ2) is 12.2. The predicted octanol–water partition coefficient (Wildman–Crippen LogP) is 4.83. The van der Waals surface area contributed by atoms with E-state index >= 15 is 0 Å². The Bertz CT molecular complexity index is 1250. The highest BCUT2D eigenvalue weighted by atomic mass is 19.1. The Morgan fingerprint density at radius 2 is 1.49 bits per heavy atom. The molecule has 0 saturated heterocycles. The van der Waals surface area contributed by atoms with Crippen LogP contribution in [0.2, 0.25) is 0 Å². The molecule has 192 valence electrons. The van der Waals surface area contributed by atoms with E-state index in [-0.39, 0.29) is 24.5 Å². The van der Waals surface area contributed by atoms with E-state index in [0.717, 1.165) is 36.8 Å². The maximum atomic E-state index is 13.7. The molecule has 0 aromatic heterocycles. The molecule has 0 amide bonds. The van der Waals surface area contributed by atoms with Gasteiger partial charge in [-0.25, -0.2) is 9.18 Å². The van der Waals surface area contributed by atoms with Crippen molar-refractivity contribution in [1.82, 2.24) is 0 Å². The average molecular weight is 504 g/mol. The molecule has 4 N–H and O–H groups in total. The number of hydrogen-bond donors (Lipinski definition) is 2. The molecule has 1 saturated carbocycles. The number of hydrogen-bond acceptors (Lipinski definition) is 5. The SMILES string of the molecule is NC(N)=NCC1CCC(C(=O)Oc2ccc(-c3ccc(C(=O)OCc4ccccc4F)cc3)cc2)CC1. The van der Waals surface area contributed by atoms with Crippen LogP contribution in [0.15, 0.2) is 77.8 Å². The summed E-state index contributed by atoms with van der Waals surface area (Å²) >= 11 is 0. The quantitative estimate of drug-likeness (QED) is 0.197. The molecule has 0 spiro atoms. The lowest BCUT2D eigenvalue weighted by Crippen LogP contribution is -2.28. The molecular weight excluding hydrogens is 473 g/mol. The van der Waals surface area contributed by atoms with Gasteiger partial charge in [0.25, 0.3) is 0 Å². The van der Waals surface area contributed by atoms with Gasteiger partial charge in [0.2, 0.25) is 0 Å². The van der Waals surface area contributed by atoms with Crippen LogP contribution in [-0.4, -0.2) is 24.4 Å². The largest absolute Gasteiger partial charge is 0.457 e. The van der Waals surface area contributed by atoms with Gasteiger partial charge >= 0.3 is 11.9 Å². The molecule has 1 aliphatic carbocycles. The third kappa shape index (κ3) is 7.16. The molecule has 4 rings (SSSR count). The molecule has 1 fully saturated rings. The van der Waals surface area contributed by atoms with Crippen molar-refractivity contribution in [3.63, 3.8) is 0 Å². The van der Waals surface area contributed by atoms with Gasteiger partial charge in [0.1, 0.15) is 18.2 Å². The van der Waals surface area contributed by atoms with Crippen molar-refractivity contribution >= 4 is 17.9 Å². The fourth-order valence-corrected chi connectivity index (χ4v) is 4.37. The predicted molar refractivity (Wildman–Crippen MR) is 139 cm³/mol. The Morgan fingerprint density at radius 1 is 0.865 bits per heavy atom. The summed E-state index contributed by atoms with van der Waals surface area (Å²) in [7, 11) is 0. The van der Waals surface area contributed by atoms with Gasteiger partial charge in [-0.2, -0.15) is 0 Å². The standard InChI is InChI=1S/C29H30FN3O4/c30-26-4-2-1-3-24(26)18-36-27(34)22-11-9-20(10-12-22)21-13-15-25(16-14-21)37-28(35)23-7-5-19(6-8-23)17-33-29(31)32/h1-4,9-16,19,23H,5-8,17-18H2,(H4,31,32,33). The topological polar surface area (TPSA) is 117 Å². The Morgan fingerprint density at radius 3 is 2.11 bits per heavy atom. The number of guanidine groups is 1. The van der Waals surface area contributed by atoms with Crippen LogP contribution in [0.25, 0.3) is 11.1 Å². The first-order chi connectivity index (χ1) is 17.9. The van der Waals surface area contributed by atoms with Crippen molar-refractivity contribution in [2.45, 2.75) is 32.3 Å². The van der Waals surface area contributed by atoms with E-state index in [2.05, 4.69) is 4.99 Å². The highest BCUT2D eigenvalue weighted by Gasteiger charge is 2.27. The van der Waals surface area contributed by atoms with E-state index in [1.165, 1.54) is 6.07 Å². The van der Waals surface area contributed by atoms with Crippen LogP contribution in [-0.2, 0) is 16.1 Å². The van der Waals surface area contributed by atoms with Crippen LogP contribution in [0.1, 0.15) is 41.6 Å². The van der Waals surface area contributed by atoms with Crippen molar-refractivity contribution in [3.8, 4) is 16.9 Å². The lowest BCUT2D eigenvalue weighted by atomic mass is 9.82. The molecule has 7 nitrogen and oxygen atoms in total. The second-order valence-corrected chi connectivity index (χ2v) is 9.17. The zero-order chi connectivity index (χ0) is 26.2. The number of benzene rings is 3. The van der Waals surface area contributed by atoms with Crippen molar-refractivity contribution in [1.29, 1.82) is 0 Å². The van der Waals surface area contributed by atoms with Gasteiger partial charge in [0.15, 0.2) is 5.96 Å². The summed E-state index contributed by atoms with van der Waals surface area (Å²) in [6.07, 6.45) is 3.30. The lowest BCUT2D eigenvalue weighted by molar-refractivity contribution is -0.140. The Hall–Kier alpha value is -4.20. The molecule has 1 aliphatic rings. The minimum absolute atomic E-state index is 0.0973. The number of halogens is 1. The molecule has 3 aromatic carbocycles. The summed E-state index contributed by atoms with van der Waals surface area (Å²) in [5.74, 6) is -0.295. The van der Waals surface area contributed by atoms with Gasteiger partial charge < -0.3 is 20.9 Å². The molecule has 0 bridgehead atoms. The number of rotatable bonds is 8. The van der Waals surface area contributed by atoms with Crippen LogP contribution in [0.4, 0.5) is 4.39 Å². The molecule has 3 aromatic rings. The number of nitrogens with two attached hydrogens (primary N) is 2. The zero-order valence-electron chi connectivity index (χ0n) is 20.4. The Labute approximate surface area is 215 Å². The molecule has 37 heavy (non-hydrogen) atoms. The number of carbonyl (C=O) groups is 2. The third-order valence-electron chi connectivity index (χ3n) is 6.56. The van der Waals surface area contributed by atoms with E-state index < -0.39 is 11.8 Å². The van der Waals surface area contributed by atoms with Crippen LogP contribution < -0.4 is 16.2 Å². The normalized spacial score (nSPS) is 17.0. The molecule has 0 aliphatic heterocycles. The number of esters is 2. The van der Waals surface area contributed by atoms with E-state index in [4.69, 9.17) is 20.9 Å². The third-order valence-corrected chi connectivity index (χ3v) is 6.56. The van der Waals surface area contributed by atoms with Gasteiger partial charge in [-0.05, 0) is 73.1 Å². The van der Waals surface area contributed by atoms with Gasteiger partial charge in [-0.1, -0.05) is 42.5 Å². The lowest BCUT2D eigenvalue weighted by Gasteiger charge is -2.26. The zero-order valence-corrected chi connectivity index (χ0v) is 20.4. The van der Waals surface area contributed by atoms with E-state index in [0.29, 0.717) is 29.3 Å². The van der Waals surface area contributed by atoms with E-state index in [1.54, 1.807) is 42.5 Å². The number of aliphatic imine (C=N–C) groups is 1. The van der Waals surface area contributed by atoms with Gasteiger partial charge in [-0.15, -0.1) is 0 Å². The minimum Gasteiger partial charge on any atom is -0.457 e. The Kier molecular flexibility index (Phi) is 8.51. The molecule has 0 atom stereocenters. The number of ether oxygens (including phenoxy) is 2. The van der Waals surface area contributed by atoms with Crippen molar-refractivity contribution in [2.75, 3.05) is 6.54 Å². The molecular formula is C29H30FN3O4. The summed E-state index contributed by atoms with van der Waals surface area (Å²) in [5.41, 5.74) is 13.3. The smallest absolute Gasteiger partial charge is 0.338 e. The van der Waals surface area contributed by atoms with Crippen molar-refractivity contribution in [2.24, 2.45) is 28.3 Å². The summed E-state index contributed by atoms with van der Waals surface area (Å²) < 4.78 is 24.5.